The molecule has 29 heavy (non-hydrogen) atoms. The molecular formula is C20H16BrN3O5. The van der Waals surface area contributed by atoms with E-state index in [4.69, 9.17) is 9.15 Å². The van der Waals surface area contributed by atoms with Gasteiger partial charge in [-0.25, -0.2) is 5.43 Å². The molecule has 0 aliphatic heterocycles. The molecule has 0 saturated heterocycles. The van der Waals surface area contributed by atoms with E-state index in [1.807, 2.05) is 24.3 Å². The quantitative estimate of drug-likeness (QED) is 0.323. The number of nitro groups is 1. The number of carbonyl (C=O) groups excluding carboxylic acids is 1. The van der Waals surface area contributed by atoms with Gasteiger partial charge in [0.25, 0.3) is 5.69 Å². The fourth-order valence-electron chi connectivity index (χ4n) is 2.56. The van der Waals surface area contributed by atoms with Gasteiger partial charge < -0.3 is 9.15 Å². The number of rotatable bonds is 7. The van der Waals surface area contributed by atoms with E-state index in [2.05, 4.69) is 26.5 Å². The van der Waals surface area contributed by atoms with Crippen LogP contribution in [0.25, 0.3) is 11.3 Å². The van der Waals surface area contributed by atoms with Crippen molar-refractivity contribution in [1.82, 2.24) is 5.43 Å². The minimum atomic E-state index is -0.503. The van der Waals surface area contributed by atoms with Gasteiger partial charge >= 0.3 is 0 Å². The molecule has 0 spiro atoms. The number of nitrogens with one attached hydrogen (secondary N) is 1. The van der Waals surface area contributed by atoms with Gasteiger partial charge in [-0.3, -0.25) is 14.9 Å². The van der Waals surface area contributed by atoms with Crippen molar-refractivity contribution in [2.45, 2.75) is 6.42 Å². The average Bonchev–Trinajstić information content (AvgIpc) is 3.18. The molecule has 0 atom stereocenters. The van der Waals surface area contributed by atoms with E-state index < -0.39 is 4.92 Å². The van der Waals surface area contributed by atoms with E-state index in [-0.39, 0.29) is 18.0 Å². The first kappa shape index (κ1) is 20.3. The van der Waals surface area contributed by atoms with Gasteiger partial charge in [0.1, 0.15) is 17.3 Å². The molecule has 9 heteroatoms. The van der Waals surface area contributed by atoms with Gasteiger partial charge in [-0.05, 0) is 42.0 Å². The lowest BCUT2D eigenvalue weighted by atomic mass is 10.1. The van der Waals surface area contributed by atoms with E-state index in [1.54, 1.807) is 24.3 Å². The summed E-state index contributed by atoms with van der Waals surface area (Å²) in [5.41, 5.74) is 3.46. The number of hydrazone groups is 1. The van der Waals surface area contributed by atoms with Crippen LogP contribution in [0.4, 0.5) is 5.69 Å². The maximum absolute atomic E-state index is 11.9. The first-order chi connectivity index (χ1) is 14.0. The molecular weight excluding hydrogens is 442 g/mol. The molecule has 148 valence electrons. The van der Waals surface area contributed by atoms with Gasteiger partial charge in [-0.2, -0.15) is 5.10 Å². The minimum Gasteiger partial charge on any atom is -0.497 e. The van der Waals surface area contributed by atoms with Crippen LogP contribution >= 0.6 is 15.9 Å². The molecule has 0 fully saturated rings. The number of methoxy groups -OCH3 is 1. The highest BCUT2D eigenvalue weighted by atomic mass is 79.9. The summed E-state index contributed by atoms with van der Waals surface area (Å²) in [4.78, 5) is 22.8. The van der Waals surface area contributed by atoms with Crippen LogP contribution in [0.1, 0.15) is 11.3 Å². The second kappa shape index (κ2) is 9.16. The van der Waals surface area contributed by atoms with Crippen molar-refractivity contribution in [1.29, 1.82) is 0 Å². The number of ether oxygens (including phenoxy) is 1. The average molecular weight is 458 g/mol. The Balaban J connectivity index is 1.66. The summed E-state index contributed by atoms with van der Waals surface area (Å²) >= 11 is 3.34. The van der Waals surface area contributed by atoms with Crippen LogP contribution in [0, 0.1) is 10.1 Å². The van der Waals surface area contributed by atoms with Crippen LogP contribution in [0.5, 0.6) is 5.75 Å². The van der Waals surface area contributed by atoms with E-state index >= 15 is 0 Å². The molecule has 1 N–H and O–H groups in total. The molecule has 0 aliphatic carbocycles. The van der Waals surface area contributed by atoms with Gasteiger partial charge in [0.05, 0.1) is 36.3 Å². The van der Waals surface area contributed by atoms with E-state index in [9.17, 15) is 14.9 Å². The molecule has 3 aromatic rings. The highest BCUT2D eigenvalue weighted by Gasteiger charge is 2.19. The Labute approximate surface area is 174 Å². The van der Waals surface area contributed by atoms with Crippen molar-refractivity contribution in [3.63, 3.8) is 0 Å². The molecule has 1 aromatic heterocycles. The molecule has 1 amide bonds. The fraction of sp³-hybridized carbons (Fsp3) is 0.100. The summed E-state index contributed by atoms with van der Waals surface area (Å²) in [5.74, 6) is 0.750. The third kappa shape index (κ3) is 5.29. The first-order valence-corrected chi connectivity index (χ1v) is 9.24. The fourth-order valence-corrected chi connectivity index (χ4v) is 2.82. The number of nitrogens with zero attached hydrogens (tertiary/aromatic N) is 2. The van der Waals surface area contributed by atoms with Crippen LogP contribution in [0.3, 0.4) is 0 Å². The Morgan fingerprint density at radius 1 is 1.24 bits per heavy atom. The SMILES string of the molecule is COc1ccc(-c2ccc(/C=N\NC(=O)Cc3ccc(Br)cc3)o2)c([N+](=O)[O-])c1. The Bertz CT molecular complexity index is 1060. The summed E-state index contributed by atoms with van der Waals surface area (Å²) < 4.78 is 11.6. The lowest BCUT2D eigenvalue weighted by Gasteiger charge is -2.03. The summed E-state index contributed by atoms with van der Waals surface area (Å²) in [7, 11) is 1.44. The standard InChI is InChI=1S/C20H16BrN3O5/c1-28-15-6-8-17(18(11-15)24(26)27)19-9-7-16(29-19)12-22-23-20(25)10-13-2-4-14(21)5-3-13/h2-9,11-12H,10H2,1H3,(H,23,25)/b22-12-. The Hall–Kier alpha value is -3.46. The summed E-state index contributed by atoms with van der Waals surface area (Å²) in [5, 5.41) is 15.2. The predicted octanol–water partition coefficient (Wildman–Crippen LogP) is 4.32. The second-order valence-electron chi connectivity index (χ2n) is 5.94. The molecule has 0 bridgehead atoms. The van der Waals surface area contributed by atoms with Crippen LogP contribution in [0.15, 0.2) is 68.6 Å². The van der Waals surface area contributed by atoms with Crippen molar-refractivity contribution >= 4 is 33.7 Å². The smallest absolute Gasteiger partial charge is 0.284 e. The van der Waals surface area contributed by atoms with Crippen molar-refractivity contribution in [2.24, 2.45) is 5.10 Å². The number of carbonyl (C=O) groups is 1. The molecule has 0 aliphatic rings. The molecule has 1 heterocycles. The molecule has 8 nitrogen and oxygen atoms in total. The van der Waals surface area contributed by atoms with Crippen molar-refractivity contribution in [3.05, 3.63) is 80.5 Å². The maximum atomic E-state index is 11.9. The van der Waals surface area contributed by atoms with Crippen LogP contribution in [0.2, 0.25) is 0 Å². The van der Waals surface area contributed by atoms with Gasteiger partial charge in [0.2, 0.25) is 5.91 Å². The van der Waals surface area contributed by atoms with Gasteiger partial charge in [0.15, 0.2) is 0 Å². The Kier molecular flexibility index (Phi) is 6.40. The topological polar surface area (TPSA) is 107 Å². The number of hydrogen-bond acceptors (Lipinski definition) is 6. The largest absolute Gasteiger partial charge is 0.497 e. The summed E-state index contributed by atoms with van der Waals surface area (Å²) in [6.07, 6.45) is 1.52. The highest BCUT2D eigenvalue weighted by molar-refractivity contribution is 9.10. The highest BCUT2D eigenvalue weighted by Crippen LogP contribution is 2.33. The van der Waals surface area contributed by atoms with Crippen molar-refractivity contribution < 1.29 is 18.9 Å². The second-order valence-corrected chi connectivity index (χ2v) is 6.85. The first-order valence-electron chi connectivity index (χ1n) is 8.45. The minimum absolute atomic E-state index is 0.134. The Morgan fingerprint density at radius 3 is 2.69 bits per heavy atom. The van der Waals surface area contributed by atoms with E-state index in [0.29, 0.717) is 22.8 Å². The van der Waals surface area contributed by atoms with Crippen LogP contribution < -0.4 is 10.2 Å². The van der Waals surface area contributed by atoms with E-state index in [1.165, 1.54) is 19.4 Å². The van der Waals surface area contributed by atoms with E-state index in [0.717, 1.165) is 10.0 Å². The molecule has 3 rings (SSSR count). The zero-order chi connectivity index (χ0) is 20.8. The maximum Gasteiger partial charge on any atom is 0.284 e. The van der Waals surface area contributed by atoms with Gasteiger partial charge in [-0.15, -0.1) is 0 Å². The third-order valence-corrected chi connectivity index (χ3v) is 4.48. The van der Waals surface area contributed by atoms with Crippen LogP contribution in [-0.2, 0) is 11.2 Å². The number of halogens is 1. The molecule has 0 unspecified atom stereocenters. The number of amides is 1. The van der Waals surface area contributed by atoms with Crippen LogP contribution in [-0.4, -0.2) is 24.2 Å². The lowest BCUT2D eigenvalue weighted by molar-refractivity contribution is -0.384. The zero-order valence-electron chi connectivity index (χ0n) is 15.3. The molecule has 0 saturated carbocycles. The number of hydrogen-bond donors (Lipinski definition) is 1. The van der Waals surface area contributed by atoms with Crippen molar-refractivity contribution in [3.8, 4) is 17.1 Å². The zero-order valence-corrected chi connectivity index (χ0v) is 16.9. The van der Waals surface area contributed by atoms with Gasteiger partial charge in [0, 0.05) is 4.47 Å². The van der Waals surface area contributed by atoms with Crippen molar-refractivity contribution in [2.75, 3.05) is 7.11 Å². The summed E-state index contributed by atoms with van der Waals surface area (Å²) in [6, 6.07) is 15.1. The number of nitro benzene ring substituents is 1. The summed E-state index contributed by atoms with van der Waals surface area (Å²) in [6.45, 7) is 0. The molecule has 2 aromatic carbocycles. The normalized spacial score (nSPS) is 10.8. The monoisotopic (exact) mass is 457 g/mol. The van der Waals surface area contributed by atoms with Gasteiger partial charge in [-0.1, -0.05) is 28.1 Å². The number of furan rings is 1. The number of benzene rings is 2. The third-order valence-electron chi connectivity index (χ3n) is 3.95. The molecule has 0 radical (unpaired) electrons. The predicted molar refractivity (Wildman–Crippen MR) is 111 cm³/mol. The lowest BCUT2D eigenvalue weighted by Crippen LogP contribution is -2.19. The Morgan fingerprint density at radius 2 is 2.00 bits per heavy atom.